The Balaban J connectivity index is 1.11. The quantitative estimate of drug-likeness (QED) is 0.175. The van der Waals surface area contributed by atoms with Crippen LogP contribution in [0, 0.1) is 22.7 Å². The van der Waals surface area contributed by atoms with Crippen molar-refractivity contribution in [2.45, 2.75) is 0 Å². The summed E-state index contributed by atoms with van der Waals surface area (Å²) in [4.78, 5) is 0. The summed E-state index contributed by atoms with van der Waals surface area (Å²) in [6.45, 7) is 0. The lowest BCUT2D eigenvalue weighted by atomic mass is 9.90. The van der Waals surface area contributed by atoms with Gasteiger partial charge in [0.05, 0.1) is 55.7 Å². The highest BCUT2D eigenvalue weighted by Crippen LogP contribution is 2.53. The first-order valence-electron chi connectivity index (χ1n) is 27.6. The lowest BCUT2D eigenvalue weighted by Gasteiger charge is -2.26. The predicted octanol–water partition coefficient (Wildman–Crippen LogP) is 20.5. The topological polar surface area (TPSA) is 102 Å². The van der Waals surface area contributed by atoms with E-state index in [9.17, 15) is 10.5 Å². The standard InChI is InChI=1S/C74H37N5O3S/c75-38-49-64(48-24-15-23-41-40-16-7-14-31-63(40)83-74(41)48)71(77-51-25-8-1-17-42(51)65-54(77)32-35-60-68(65)45-20-4-11-28-57(45)80-60)50(39-76)73(79-53-27-10-3-19-44(53)67-56(79)34-37-62-70(67)47-22-6-13-30-59(47)82-62)72(49)78-52-26-9-2-18-43(52)66-55(78)33-36-61-69(66)46-21-5-12-29-58(46)81-61/h1-37H. The van der Waals surface area contributed by atoms with Crippen molar-refractivity contribution in [1.29, 1.82) is 10.5 Å². The lowest BCUT2D eigenvalue weighted by molar-refractivity contribution is 0.669. The fourth-order valence-electron chi connectivity index (χ4n) is 14.3. The number of nitrogens with zero attached hydrogens (tertiary/aromatic N) is 5. The Bertz CT molecular complexity index is 6240. The second-order valence-corrected chi connectivity index (χ2v) is 22.6. The molecule has 12 aromatic carbocycles. The van der Waals surface area contributed by atoms with Crippen LogP contribution in [0.3, 0.4) is 0 Å². The van der Waals surface area contributed by atoms with Crippen molar-refractivity contribution in [1.82, 2.24) is 13.7 Å². The molecule has 7 aromatic heterocycles. The molecule has 0 aliphatic rings. The van der Waals surface area contributed by atoms with Crippen LogP contribution in [0.5, 0.6) is 0 Å². The first-order valence-corrected chi connectivity index (χ1v) is 28.4. The first kappa shape index (κ1) is 44.5. The van der Waals surface area contributed by atoms with Gasteiger partial charge < -0.3 is 27.0 Å². The average molecular weight is 1080 g/mol. The second-order valence-electron chi connectivity index (χ2n) is 21.5. The molecule has 83 heavy (non-hydrogen) atoms. The van der Waals surface area contributed by atoms with Crippen molar-refractivity contribution in [3.8, 4) is 40.3 Å². The molecule has 0 saturated heterocycles. The van der Waals surface area contributed by atoms with Crippen molar-refractivity contribution in [3.05, 3.63) is 236 Å². The molecule has 8 nitrogen and oxygen atoms in total. The Morgan fingerprint density at radius 2 is 0.663 bits per heavy atom. The highest BCUT2D eigenvalue weighted by Gasteiger charge is 2.35. The van der Waals surface area contributed by atoms with Crippen molar-refractivity contribution in [3.63, 3.8) is 0 Å². The average Bonchev–Trinajstić information content (AvgIpc) is 1.79. The van der Waals surface area contributed by atoms with E-state index in [2.05, 4.69) is 214 Å². The summed E-state index contributed by atoms with van der Waals surface area (Å²) in [7, 11) is 0. The van der Waals surface area contributed by atoms with Gasteiger partial charge in [0.25, 0.3) is 0 Å². The molecule has 19 rings (SSSR count). The number of hydrogen-bond donors (Lipinski definition) is 0. The van der Waals surface area contributed by atoms with Gasteiger partial charge in [-0.1, -0.05) is 146 Å². The minimum Gasteiger partial charge on any atom is -0.456 e. The van der Waals surface area contributed by atoms with Crippen LogP contribution < -0.4 is 0 Å². The Labute approximate surface area is 473 Å². The van der Waals surface area contributed by atoms with Crippen LogP contribution >= 0.6 is 11.3 Å². The summed E-state index contributed by atoms with van der Waals surface area (Å²) in [5.41, 5.74) is 13.8. The summed E-state index contributed by atoms with van der Waals surface area (Å²) >= 11 is 1.71. The Kier molecular flexibility index (Phi) is 8.66. The van der Waals surface area contributed by atoms with Gasteiger partial charge in [-0.15, -0.1) is 11.3 Å². The molecule has 0 fully saturated rings. The van der Waals surface area contributed by atoms with Gasteiger partial charge in [-0.25, -0.2) is 0 Å². The minimum absolute atomic E-state index is 0.382. The number of fused-ring (bicyclic) bond motifs is 24. The zero-order valence-corrected chi connectivity index (χ0v) is 44.5. The predicted molar refractivity (Wildman–Crippen MR) is 339 cm³/mol. The molecule has 0 N–H and O–H groups in total. The van der Waals surface area contributed by atoms with Gasteiger partial charge in [0.15, 0.2) is 0 Å². The second kappa shape index (κ2) is 16.2. The fourth-order valence-corrected chi connectivity index (χ4v) is 15.6. The third-order valence-corrected chi connectivity index (χ3v) is 18.7. The first-order chi connectivity index (χ1) is 41.1. The largest absolute Gasteiger partial charge is 0.456 e. The maximum absolute atomic E-state index is 13.0. The van der Waals surface area contributed by atoms with Crippen LogP contribution in [0.15, 0.2) is 238 Å². The van der Waals surface area contributed by atoms with Gasteiger partial charge in [0.1, 0.15) is 51.2 Å². The molecule has 0 aliphatic heterocycles. The van der Waals surface area contributed by atoms with E-state index in [1.807, 2.05) is 36.4 Å². The SMILES string of the molecule is N#Cc1c(-c2cccc3c2sc2ccccc23)c(-n2c3ccccc3c3c4c(ccc32)oc2ccccc24)c(C#N)c(-n2c3ccccc3c3c4c(ccc32)oc2ccccc24)c1-n1c2ccccc2c2c3c(ccc21)oc1ccccc13. The van der Waals surface area contributed by atoms with Crippen LogP contribution in [-0.2, 0) is 0 Å². The van der Waals surface area contributed by atoms with E-state index in [4.69, 9.17) is 13.3 Å². The summed E-state index contributed by atoms with van der Waals surface area (Å²) in [6, 6.07) is 83.3. The maximum Gasteiger partial charge on any atom is 0.136 e. The van der Waals surface area contributed by atoms with Gasteiger partial charge in [0.2, 0.25) is 0 Å². The normalized spacial score (nSPS) is 12.3. The summed E-state index contributed by atoms with van der Waals surface area (Å²) in [5, 5.41) is 39.9. The van der Waals surface area contributed by atoms with Gasteiger partial charge in [-0.05, 0) is 78.9 Å². The molecule has 0 atom stereocenters. The molecular weight excluding hydrogens is 1040 g/mol. The number of aromatic nitrogens is 3. The van der Waals surface area contributed by atoms with Gasteiger partial charge >= 0.3 is 0 Å². The number of hydrogen-bond acceptors (Lipinski definition) is 6. The molecule has 0 amide bonds. The molecule has 0 bridgehead atoms. The molecule has 0 saturated carbocycles. The minimum atomic E-state index is 0.382. The number of rotatable bonds is 4. The fraction of sp³-hybridized carbons (Fsp3) is 0. The van der Waals surface area contributed by atoms with Crippen LogP contribution in [0.2, 0.25) is 0 Å². The highest BCUT2D eigenvalue weighted by atomic mass is 32.1. The zero-order chi connectivity index (χ0) is 54.3. The number of nitriles is 2. The van der Waals surface area contributed by atoms with E-state index >= 15 is 0 Å². The molecule has 0 aliphatic carbocycles. The van der Waals surface area contributed by atoms with Crippen molar-refractivity contribution in [2.75, 3.05) is 0 Å². The molecule has 0 unspecified atom stereocenters. The number of thiophene rings is 1. The summed E-state index contributed by atoms with van der Waals surface area (Å²) in [6.07, 6.45) is 0. The monoisotopic (exact) mass is 1080 g/mol. The van der Waals surface area contributed by atoms with Crippen molar-refractivity contribution >= 4 is 163 Å². The third kappa shape index (κ3) is 5.65. The van der Waals surface area contributed by atoms with Crippen LogP contribution in [0.1, 0.15) is 11.1 Å². The molecule has 9 heteroatoms. The Morgan fingerprint density at radius 3 is 1.12 bits per heavy atom. The third-order valence-electron chi connectivity index (χ3n) is 17.5. The highest BCUT2D eigenvalue weighted by molar-refractivity contribution is 7.26. The Morgan fingerprint density at radius 1 is 0.289 bits per heavy atom. The molecule has 0 radical (unpaired) electrons. The van der Waals surface area contributed by atoms with Gasteiger partial charge in [-0.2, -0.15) is 10.5 Å². The molecule has 382 valence electrons. The maximum atomic E-state index is 13.0. The number of furan rings is 3. The molecular formula is C74H37N5O3S. The molecule has 7 heterocycles. The van der Waals surface area contributed by atoms with E-state index in [1.54, 1.807) is 11.3 Å². The van der Waals surface area contributed by atoms with Crippen molar-refractivity contribution in [2.24, 2.45) is 0 Å². The van der Waals surface area contributed by atoms with E-state index in [0.29, 0.717) is 33.8 Å². The lowest BCUT2D eigenvalue weighted by Crippen LogP contribution is -2.14. The molecule has 0 spiro atoms. The van der Waals surface area contributed by atoms with E-state index < -0.39 is 0 Å². The smallest absolute Gasteiger partial charge is 0.136 e. The summed E-state index contributed by atoms with van der Waals surface area (Å²) in [5.74, 6) is 0. The van der Waals surface area contributed by atoms with E-state index in [0.717, 1.165) is 157 Å². The van der Waals surface area contributed by atoms with Gasteiger partial charge in [-0.3, -0.25) is 0 Å². The van der Waals surface area contributed by atoms with E-state index in [1.165, 1.54) is 0 Å². The van der Waals surface area contributed by atoms with E-state index in [-0.39, 0.29) is 0 Å². The number of benzene rings is 12. The number of para-hydroxylation sites is 6. The van der Waals surface area contributed by atoms with Crippen LogP contribution in [0.4, 0.5) is 0 Å². The van der Waals surface area contributed by atoms with Crippen LogP contribution in [-0.4, -0.2) is 13.7 Å². The van der Waals surface area contributed by atoms with Gasteiger partial charge in [0, 0.05) is 95.9 Å². The summed E-state index contributed by atoms with van der Waals surface area (Å²) < 4.78 is 28.8. The zero-order valence-electron chi connectivity index (χ0n) is 43.7. The van der Waals surface area contributed by atoms with Crippen LogP contribution in [0.25, 0.3) is 180 Å². The van der Waals surface area contributed by atoms with Crippen molar-refractivity contribution < 1.29 is 13.3 Å². The molecule has 19 aromatic rings. The Hall–Kier alpha value is -11.4.